The number of carbonyl (C=O) groups is 1. The Morgan fingerprint density at radius 3 is 1.96 bits per heavy atom. The van der Waals surface area contributed by atoms with Crippen molar-refractivity contribution in [2.24, 2.45) is 0 Å². The average molecular weight is 311 g/mol. The van der Waals surface area contributed by atoms with Crippen LogP contribution in [-0.2, 0) is 4.79 Å². The lowest BCUT2D eigenvalue weighted by atomic mass is 9.97. The summed E-state index contributed by atoms with van der Waals surface area (Å²) in [6.07, 6.45) is 2.76. The number of nitrogens with one attached hydrogen (secondary N) is 1. The molecule has 1 atom stereocenters. The molecule has 3 N–H and O–H groups in total. The first-order valence-electron chi connectivity index (χ1n) is 7.60. The minimum absolute atomic E-state index is 0.413. The van der Waals surface area contributed by atoms with Crippen LogP contribution in [0.15, 0.2) is 66.7 Å². The lowest BCUT2D eigenvalue weighted by molar-refractivity contribution is -0.140. The molecule has 0 radical (unpaired) electrons. The molecule has 0 saturated heterocycles. The third-order valence-corrected chi connectivity index (χ3v) is 3.53. The van der Waals surface area contributed by atoms with E-state index in [1.165, 1.54) is 0 Å². The Morgan fingerprint density at radius 1 is 1.00 bits per heavy atom. The number of hydrogen-bond acceptors (Lipinski definition) is 3. The van der Waals surface area contributed by atoms with E-state index in [0.29, 0.717) is 13.0 Å². The van der Waals surface area contributed by atoms with E-state index >= 15 is 0 Å². The molecule has 4 nitrogen and oxygen atoms in total. The summed E-state index contributed by atoms with van der Waals surface area (Å²) in [6, 6.07) is 19.2. The Labute approximate surface area is 136 Å². The molecule has 2 aromatic carbocycles. The number of hydrogen-bond donors (Lipinski definition) is 3. The number of aliphatic hydroxyl groups is 1. The van der Waals surface area contributed by atoms with Crippen molar-refractivity contribution in [2.45, 2.75) is 12.5 Å². The van der Waals surface area contributed by atoms with Crippen LogP contribution >= 0.6 is 0 Å². The van der Waals surface area contributed by atoms with Crippen molar-refractivity contribution >= 4 is 11.5 Å². The molecule has 4 heteroatoms. The molecule has 0 saturated carbocycles. The minimum atomic E-state index is -1.04. The van der Waals surface area contributed by atoms with Gasteiger partial charge in [0.25, 0.3) is 0 Å². The molecule has 2 aromatic rings. The highest BCUT2D eigenvalue weighted by Crippen LogP contribution is 2.23. The zero-order chi connectivity index (χ0) is 16.5. The Bertz CT molecular complexity index is 597. The Kier molecular flexibility index (Phi) is 6.54. The van der Waals surface area contributed by atoms with E-state index < -0.39 is 18.6 Å². The molecule has 0 bridgehead atoms. The van der Waals surface area contributed by atoms with Crippen molar-refractivity contribution in [3.05, 3.63) is 77.9 Å². The predicted octanol–water partition coefficient (Wildman–Crippen LogP) is 2.54. The second kappa shape index (κ2) is 8.88. The van der Waals surface area contributed by atoms with E-state index in [1.54, 1.807) is 0 Å². The summed E-state index contributed by atoms with van der Waals surface area (Å²) in [4.78, 5) is 10.9. The monoisotopic (exact) mass is 311 g/mol. The van der Waals surface area contributed by atoms with Gasteiger partial charge in [0, 0.05) is 0 Å². The molecule has 1 unspecified atom stereocenters. The van der Waals surface area contributed by atoms with Crippen LogP contribution in [0.3, 0.4) is 0 Å². The van der Waals surface area contributed by atoms with Crippen molar-refractivity contribution in [3.8, 4) is 0 Å². The molecule has 0 aliphatic rings. The van der Waals surface area contributed by atoms with Crippen LogP contribution in [0.4, 0.5) is 0 Å². The van der Waals surface area contributed by atoms with Crippen LogP contribution in [-0.4, -0.2) is 35.4 Å². The maximum Gasteiger partial charge on any atom is 0.323 e. The van der Waals surface area contributed by atoms with Gasteiger partial charge in [-0.05, 0) is 29.7 Å². The van der Waals surface area contributed by atoms with Crippen molar-refractivity contribution in [1.29, 1.82) is 0 Å². The van der Waals surface area contributed by atoms with Crippen LogP contribution in [0.1, 0.15) is 17.5 Å². The van der Waals surface area contributed by atoms with Gasteiger partial charge in [-0.3, -0.25) is 4.79 Å². The zero-order valence-corrected chi connectivity index (χ0v) is 12.9. The average Bonchev–Trinajstić information content (AvgIpc) is 2.59. The molecule has 0 heterocycles. The number of carboxylic acids is 1. The van der Waals surface area contributed by atoms with Gasteiger partial charge in [0.15, 0.2) is 0 Å². The smallest absolute Gasteiger partial charge is 0.323 e. The van der Waals surface area contributed by atoms with E-state index in [0.717, 1.165) is 16.7 Å². The molecule has 0 spiro atoms. The second-order valence-corrected chi connectivity index (χ2v) is 5.17. The topological polar surface area (TPSA) is 69.6 Å². The molecule has 2 rings (SSSR count). The molecule has 0 aromatic heterocycles. The highest BCUT2D eigenvalue weighted by molar-refractivity contribution is 5.79. The van der Waals surface area contributed by atoms with Gasteiger partial charge in [0.2, 0.25) is 0 Å². The van der Waals surface area contributed by atoms with Gasteiger partial charge in [-0.1, -0.05) is 66.7 Å². The maximum atomic E-state index is 10.9. The van der Waals surface area contributed by atoms with Crippen molar-refractivity contribution in [2.75, 3.05) is 13.2 Å². The van der Waals surface area contributed by atoms with E-state index in [2.05, 4.69) is 35.7 Å². The fourth-order valence-corrected chi connectivity index (χ4v) is 2.34. The summed E-state index contributed by atoms with van der Waals surface area (Å²) >= 11 is 0. The Morgan fingerprint density at radius 2 is 1.52 bits per heavy atom. The minimum Gasteiger partial charge on any atom is -0.480 e. The van der Waals surface area contributed by atoms with Gasteiger partial charge in [-0.25, -0.2) is 0 Å². The van der Waals surface area contributed by atoms with E-state index in [4.69, 9.17) is 10.2 Å². The van der Waals surface area contributed by atoms with E-state index in [-0.39, 0.29) is 0 Å². The molecule has 0 aliphatic carbocycles. The fraction of sp³-hybridized carbons (Fsp3) is 0.211. The summed E-state index contributed by atoms with van der Waals surface area (Å²) in [7, 11) is 0. The number of carboxylic acid groups (broad SMARTS) is 1. The van der Waals surface area contributed by atoms with Crippen LogP contribution in [0.25, 0.3) is 5.57 Å². The molecule has 0 fully saturated rings. The van der Waals surface area contributed by atoms with Gasteiger partial charge in [0.05, 0.1) is 6.61 Å². The highest BCUT2D eigenvalue weighted by Gasteiger charge is 2.14. The SMILES string of the molecule is O=C(O)C(CO)NCCC=C(c1ccccc1)c1ccccc1. The van der Waals surface area contributed by atoms with Crippen molar-refractivity contribution in [1.82, 2.24) is 5.32 Å². The quantitative estimate of drug-likeness (QED) is 0.655. The van der Waals surface area contributed by atoms with Crippen LogP contribution < -0.4 is 5.32 Å². The van der Waals surface area contributed by atoms with Gasteiger partial charge >= 0.3 is 5.97 Å². The molecular weight excluding hydrogens is 290 g/mol. The zero-order valence-electron chi connectivity index (χ0n) is 12.9. The van der Waals surface area contributed by atoms with Crippen LogP contribution in [0, 0.1) is 0 Å². The largest absolute Gasteiger partial charge is 0.480 e. The number of aliphatic hydroxyl groups excluding tert-OH is 1. The van der Waals surface area contributed by atoms with E-state index in [1.807, 2.05) is 36.4 Å². The summed E-state index contributed by atoms with van der Waals surface area (Å²) in [5.74, 6) is -1.04. The fourth-order valence-electron chi connectivity index (χ4n) is 2.34. The summed E-state index contributed by atoms with van der Waals surface area (Å²) in [5.41, 5.74) is 3.36. The lowest BCUT2D eigenvalue weighted by Gasteiger charge is -2.12. The first-order valence-corrected chi connectivity index (χ1v) is 7.60. The second-order valence-electron chi connectivity index (χ2n) is 5.17. The summed E-state index contributed by atoms with van der Waals surface area (Å²) in [5, 5.41) is 20.7. The third kappa shape index (κ3) is 5.06. The van der Waals surface area contributed by atoms with Gasteiger partial charge < -0.3 is 15.5 Å². The molecule has 0 amide bonds. The Hall–Kier alpha value is -2.43. The normalized spacial score (nSPS) is 11.7. The summed E-state index contributed by atoms with van der Waals surface area (Å²) < 4.78 is 0. The first kappa shape index (κ1) is 16.9. The number of aliphatic carboxylic acids is 1. The lowest BCUT2D eigenvalue weighted by Crippen LogP contribution is -2.40. The van der Waals surface area contributed by atoms with Gasteiger partial charge in [0.1, 0.15) is 6.04 Å². The summed E-state index contributed by atoms with van der Waals surface area (Å²) in [6.45, 7) is 0.0734. The predicted molar refractivity (Wildman–Crippen MR) is 91.1 cm³/mol. The number of rotatable bonds is 8. The standard InChI is InChI=1S/C19H21NO3/c21-14-18(19(22)23)20-13-7-12-17(15-8-3-1-4-9-15)16-10-5-2-6-11-16/h1-6,8-12,18,20-21H,7,13-14H2,(H,22,23). The third-order valence-electron chi connectivity index (χ3n) is 3.53. The van der Waals surface area contributed by atoms with Crippen LogP contribution in [0.2, 0.25) is 0 Å². The first-order chi connectivity index (χ1) is 11.2. The van der Waals surface area contributed by atoms with Gasteiger partial charge in [-0.2, -0.15) is 0 Å². The molecule has 120 valence electrons. The van der Waals surface area contributed by atoms with Crippen LogP contribution in [0.5, 0.6) is 0 Å². The van der Waals surface area contributed by atoms with Gasteiger partial charge in [-0.15, -0.1) is 0 Å². The van der Waals surface area contributed by atoms with Crippen molar-refractivity contribution in [3.63, 3.8) is 0 Å². The number of benzene rings is 2. The Balaban J connectivity index is 2.11. The molecule has 0 aliphatic heterocycles. The maximum absolute atomic E-state index is 10.9. The van der Waals surface area contributed by atoms with E-state index in [9.17, 15) is 4.79 Å². The molecule has 23 heavy (non-hydrogen) atoms. The highest BCUT2D eigenvalue weighted by atomic mass is 16.4. The molecular formula is C19H21NO3. The van der Waals surface area contributed by atoms with Crippen molar-refractivity contribution < 1.29 is 15.0 Å².